The molecule has 74 heavy (non-hydrogen) atoms. The zero-order chi connectivity index (χ0) is 52.2. The van der Waals surface area contributed by atoms with Gasteiger partial charge in [0.05, 0.1) is 33.0 Å². The van der Waals surface area contributed by atoms with Gasteiger partial charge in [-0.2, -0.15) is 8.62 Å². The SMILES string of the molecule is CCCCCCCCCCCCCCCCCCOC(=O)Oc1ccc(COP(=O)(OCc2ccc(OC(=O)OCCCC)cc2)OP(=O)(O)OP(=O)(O)OC[C@@H]2C=C[C@H](n3cc(C)c(=O)[nH]c3=O)O2)cc1.N.N. The number of unbranched alkanes of at least 4 members (excludes halogenated alkanes) is 16. The minimum Gasteiger partial charge on any atom is -0.434 e. The molecule has 1 aliphatic rings. The highest BCUT2D eigenvalue weighted by Crippen LogP contribution is 2.69. The van der Waals surface area contributed by atoms with Crippen molar-refractivity contribution in [2.75, 3.05) is 19.8 Å². The Morgan fingerprint density at radius 3 is 1.53 bits per heavy atom. The summed E-state index contributed by atoms with van der Waals surface area (Å²) in [7, 11) is -16.5. The monoisotopic (exact) mass is 1110 g/mol. The number of ether oxygens (including phenoxy) is 5. The summed E-state index contributed by atoms with van der Waals surface area (Å²) in [6, 6.07) is 11.2. The lowest BCUT2D eigenvalue weighted by Crippen LogP contribution is -2.33. The van der Waals surface area contributed by atoms with Gasteiger partial charge < -0.3 is 45.8 Å². The Hall–Kier alpha value is -4.31. The molecule has 3 aromatic rings. The molecule has 1 aliphatic heterocycles. The smallest absolute Gasteiger partial charge is 0.434 e. The maximum atomic E-state index is 14.0. The molecule has 0 fully saturated rings. The number of H-pyrrole nitrogens is 1. The highest BCUT2D eigenvalue weighted by molar-refractivity contribution is 7.67. The van der Waals surface area contributed by atoms with Crippen LogP contribution in [-0.2, 0) is 63.3 Å². The first-order chi connectivity index (χ1) is 34.5. The van der Waals surface area contributed by atoms with Crippen molar-refractivity contribution in [2.45, 2.75) is 162 Å². The van der Waals surface area contributed by atoms with Crippen molar-refractivity contribution in [1.82, 2.24) is 21.9 Å². The van der Waals surface area contributed by atoms with E-state index in [1.807, 2.05) is 6.92 Å². The van der Waals surface area contributed by atoms with Gasteiger partial charge in [-0.15, -0.1) is 0 Å². The van der Waals surface area contributed by atoms with E-state index in [-0.39, 0.29) is 53.7 Å². The third-order valence-corrected chi connectivity index (χ3v) is 15.6. The van der Waals surface area contributed by atoms with Crippen molar-refractivity contribution in [2.24, 2.45) is 0 Å². The van der Waals surface area contributed by atoms with E-state index in [1.165, 1.54) is 151 Å². The van der Waals surface area contributed by atoms with Gasteiger partial charge in [0.2, 0.25) is 0 Å². The molecule has 4 rings (SSSR count). The second kappa shape index (κ2) is 35.1. The predicted octanol–water partition coefficient (Wildman–Crippen LogP) is 12.5. The summed E-state index contributed by atoms with van der Waals surface area (Å²) in [5, 5.41) is 0. The van der Waals surface area contributed by atoms with Gasteiger partial charge in [0.1, 0.15) is 17.6 Å². The van der Waals surface area contributed by atoms with Crippen LogP contribution in [0.3, 0.4) is 0 Å². The van der Waals surface area contributed by atoms with Crippen LogP contribution in [0.5, 0.6) is 11.5 Å². The van der Waals surface area contributed by atoms with Gasteiger partial charge in [-0.3, -0.25) is 27.9 Å². The maximum absolute atomic E-state index is 14.0. The maximum Gasteiger partial charge on any atom is 0.513 e. The molecule has 0 saturated carbocycles. The van der Waals surface area contributed by atoms with Crippen LogP contribution >= 0.6 is 23.5 Å². The molecule has 0 bridgehead atoms. The van der Waals surface area contributed by atoms with Gasteiger partial charge in [0, 0.05) is 11.8 Å². The van der Waals surface area contributed by atoms with Crippen molar-refractivity contribution in [1.29, 1.82) is 0 Å². The number of aromatic nitrogens is 2. The molecule has 5 atom stereocenters. The number of rotatable bonds is 36. The lowest BCUT2D eigenvalue weighted by molar-refractivity contribution is -0.0105. The number of aromatic amines is 1. The van der Waals surface area contributed by atoms with Crippen LogP contribution in [-0.4, -0.2) is 57.6 Å². The molecule has 9 N–H and O–H groups in total. The van der Waals surface area contributed by atoms with E-state index in [0.29, 0.717) is 12.8 Å². The van der Waals surface area contributed by atoms with Gasteiger partial charge >= 0.3 is 41.5 Å². The number of nitrogens with one attached hydrogen (secondary N) is 1. The summed E-state index contributed by atoms with van der Waals surface area (Å²) < 4.78 is 92.1. The number of carbonyl (C=O) groups excluding carboxylic acids is 2. The van der Waals surface area contributed by atoms with Gasteiger partial charge in [-0.05, 0) is 61.2 Å². The fourth-order valence-electron chi connectivity index (χ4n) is 7.04. The van der Waals surface area contributed by atoms with E-state index in [0.717, 1.165) is 30.3 Å². The first-order valence-corrected chi connectivity index (χ1v) is 29.1. The highest BCUT2D eigenvalue weighted by atomic mass is 31.3. The average Bonchev–Trinajstić information content (AvgIpc) is 3.81. The van der Waals surface area contributed by atoms with E-state index in [4.69, 9.17) is 41.6 Å². The number of phosphoric ester groups is 2. The third kappa shape index (κ3) is 26.4. The van der Waals surface area contributed by atoms with Crippen LogP contribution in [0, 0.1) is 6.92 Å². The van der Waals surface area contributed by atoms with Crippen molar-refractivity contribution in [3.05, 3.63) is 104 Å². The lowest BCUT2D eigenvalue weighted by atomic mass is 10.0. The predicted molar refractivity (Wildman–Crippen MR) is 275 cm³/mol. The van der Waals surface area contributed by atoms with Crippen molar-refractivity contribution in [3.8, 4) is 11.5 Å². The van der Waals surface area contributed by atoms with Gasteiger partial charge in [-0.1, -0.05) is 147 Å². The molecule has 2 heterocycles. The minimum atomic E-state index is -5.84. The summed E-state index contributed by atoms with van der Waals surface area (Å²) in [6.45, 7) is 4.10. The molecular weight excluding hydrogens is 1030 g/mol. The number of aryl methyl sites for hydroxylation is 1. The lowest BCUT2D eigenvalue weighted by Gasteiger charge is -2.22. The van der Waals surface area contributed by atoms with Crippen LogP contribution in [0.2, 0.25) is 0 Å². The van der Waals surface area contributed by atoms with Crippen LogP contribution in [0.1, 0.15) is 152 Å². The standard InChI is InChI=1S/C48H71N2O19P3.2H3N/c1-4-6-8-9-10-11-12-13-14-15-16-17-18-19-20-21-33-61-48(54)67-42-28-24-40(25-29-42)36-64-72(59,63-35-39-22-26-41(27-23-39)66-47(53)60-32-7-5-2)69-71(57,58)68-70(55,56)62-37-43-30-31-44(65-43)50-34-38(3)45(51)49-46(50)52;;/h22-31,34,43-44H,4-21,32-33,35-37H2,1-3H3,(H,55,56)(H,57,58)(H,49,51,52);2*1H3/t43-,44+,72?;;/m0../s1. The molecular formula is C48H77N4O19P3. The molecule has 0 saturated heterocycles. The van der Waals surface area contributed by atoms with Crippen molar-refractivity contribution in [3.63, 3.8) is 0 Å². The van der Waals surface area contributed by atoms with Crippen LogP contribution in [0.15, 0.2) is 76.5 Å². The van der Waals surface area contributed by atoms with Crippen molar-refractivity contribution < 1.29 is 78.9 Å². The Morgan fingerprint density at radius 2 is 1.05 bits per heavy atom. The molecule has 3 unspecified atom stereocenters. The quantitative estimate of drug-likeness (QED) is 0.0119. The second-order valence-corrected chi connectivity index (χ2v) is 22.0. The third-order valence-electron chi connectivity index (χ3n) is 11.0. The zero-order valence-corrected chi connectivity index (χ0v) is 45.5. The molecule has 418 valence electrons. The normalized spacial score (nSPS) is 16.4. The van der Waals surface area contributed by atoms with Crippen LogP contribution in [0.25, 0.3) is 0 Å². The first-order valence-electron chi connectivity index (χ1n) is 24.6. The summed E-state index contributed by atoms with van der Waals surface area (Å²) in [4.78, 5) is 71.4. The molecule has 0 amide bonds. The first kappa shape index (κ1) is 65.8. The average molecular weight is 1110 g/mol. The molecule has 2 aromatic carbocycles. The number of carbonyl (C=O) groups is 2. The molecule has 0 spiro atoms. The summed E-state index contributed by atoms with van der Waals surface area (Å²) in [5.41, 5.74) is -0.593. The summed E-state index contributed by atoms with van der Waals surface area (Å²) in [5.74, 6) is 0.225. The molecule has 26 heteroatoms. The number of phosphoric acid groups is 3. The number of hydrogen-bond acceptors (Lipinski definition) is 19. The fraction of sp³-hybridized carbons (Fsp3) is 0.583. The number of benzene rings is 2. The largest absolute Gasteiger partial charge is 0.513 e. The van der Waals surface area contributed by atoms with E-state index in [1.54, 1.807) is 0 Å². The van der Waals surface area contributed by atoms with Crippen molar-refractivity contribution >= 4 is 35.8 Å². The number of nitrogens with zero attached hydrogens (tertiary/aromatic N) is 1. The Labute approximate surface area is 432 Å². The summed E-state index contributed by atoms with van der Waals surface area (Å²) in [6.07, 6.45) is 21.2. The van der Waals surface area contributed by atoms with Crippen LogP contribution < -0.4 is 33.0 Å². The Kier molecular flexibility index (Phi) is 31.2. The summed E-state index contributed by atoms with van der Waals surface area (Å²) >= 11 is 0. The molecule has 0 aliphatic carbocycles. The van der Waals surface area contributed by atoms with Gasteiger partial charge in [0.15, 0.2) is 6.23 Å². The topological polar surface area (TPSA) is 343 Å². The Bertz CT molecular complexity index is 2400. The fourth-order valence-corrected chi connectivity index (χ4v) is 11.1. The second-order valence-electron chi connectivity index (χ2n) is 17.2. The molecule has 23 nitrogen and oxygen atoms in total. The number of hydrogen-bond donors (Lipinski definition) is 5. The van der Waals surface area contributed by atoms with Crippen LogP contribution in [0.4, 0.5) is 9.59 Å². The van der Waals surface area contributed by atoms with E-state index >= 15 is 0 Å². The van der Waals surface area contributed by atoms with E-state index in [9.17, 15) is 42.7 Å². The molecule has 1 aromatic heterocycles. The minimum absolute atomic E-state index is 0. The van der Waals surface area contributed by atoms with Gasteiger partial charge in [0.25, 0.3) is 5.56 Å². The van der Waals surface area contributed by atoms with Gasteiger partial charge in [-0.25, -0.2) is 28.1 Å². The Morgan fingerprint density at radius 1 is 0.608 bits per heavy atom. The van der Waals surface area contributed by atoms with E-state index < -0.39 is 79.2 Å². The van der Waals surface area contributed by atoms with E-state index in [2.05, 4.69) is 16.2 Å². The zero-order valence-electron chi connectivity index (χ0n) is 42.8. The highest BCUT2D eigenvalue weighted by Gasteiger charge is 2.44. The Balaban J connectivity index is 0.00000937. The molecule has 0 radical (unpaired) electrons.